The molecule has 0 spiro atoms. The number of alkyl halides is 1. The van der Waals surface area contributed by atoms with Crippen molar-refractivity contribution in [2.75, 3.05) is 34.4 Å². The van der Waals surface area contributed by atoms with Crippen LogP contribution in [-0.4, -0.2) is 39.3 Å². The molecule has 1 heterocycles. The lowest BCUT2D eigenvalue weighted by Gasteiger charge is -2.26. The van der Waals surface area contributed by atoms with E-state index in [9.17, 15) is 4.39 Å². The van der Waals surface area contributed by atoms with Crippen molar-refractivity contribution < 1.29 is 13.9 Å². The Labute approximate surface area is 132 Å². The highest BCUT2D eigenvalue weighted by molar-refractivity contribution is 5.50. The fraction of sp³-hybridized carbons (Fsp3) is 0.647. The second-order valence-corrected chi connectivity index (χ2v) is 6.56. The van der Waals surface area contributed by atoms with Crippen molar-refractivity contribution >= 4 is 0 Å². The van der Waals surface area contributed by atoms with Gasteiger partial charge in [-0.05, 0) is 51.9 Å². The minimum absolute atomic E-state index is 0.217. The van der Waals surface area contributed by atoms with Crippen LogP contribution < -0.4 is 15.2 Å². The van der Waals surface area contributed by atoms with Gasteiger partial charge in [-0.1, -0.05) is 0 Å². The summed E-state index contributed by atoms with van der Waals surface area (Å²) in [6.45, 7) is 4.69. The molecule has 2 rings (SSSR count). The molecule has 0 radical (unpaired) electrons. The van der Waals surface area contributed by atoms with Gasteiger partial charge in [-0.2, -0.15) is 0 Å². The van der Waals surface area contributed by atoms with Gasteiger partial charge >= 0.3 is 0 Å². The second kappa shape index (κ2) is 6.42. The molecule has 1 fully saturated rings. The van der Waals surface area contributed by atoms with Crippen molar-refractivity contribution in [1.82, 2.24) is 4.90 Å². The van der Waals surface area contributed by atoms with Crippen molar-refractivity contribution in [2.45, 2.75) is 32.0 Å². The fourth-order valence-electron chi connectivity index (χ4n) is 3.29. The van der Waals surface area contributed by atoms with E-state index in [0.29, 0.717) is 29.5 Å². The average Bonchev–Trinajstić information content (AvgIpc) is 2.85. The molecule has 1 aromatic carbocycles. The zero-order chi connectivity index (χ0) is 16.5. The number of halogens is 1. The van der Waals surface area contributed by atoms with Gasteiger partial charge in [0, 0.05) is 23.7 Å². The van der Waals surface area contributed by atoms with Gasteiger partial charge in [0.25, 0.3) is 0 Å². The predicted molar refractivity (Wildman–Crippen MR) is 86.2 cm³/mol. The molecule has 4 nitrogen and oxygen atoms in total. The van der Waals surface area contributed by atoms with Crippen molar-refractivity contribution in [3.63, 3.8) is 0 Å². The number of hydrogen-bond acceptors (Lipinski definition) is 4. The smallest absolute Gasteiger partial charge is 0.134 e. The van der Waals surface area contributed by atoms with Gasteiger partial charge in [0.15, 0.2) is 0 Å². The van der Waals surface area contributed by atoms with E-state index in [0.717, 1.165) is 18.5 Å². The Morgan fingerprint density at radius 2 is 1.91 bits per heavy atom. The third kappa shape index (κ3) is 3.20. The zero-order valence-corrected chi connectivity index (χ0v) is 14.1. The number of nitrogens with two attached hydrogens (primary N) is 1. The number of likely N-dealkylation sites (tertiary alicyclic amines) is 1. The molecule has 0 aliphatic carbocycles. The Balaban J connectivity index is 2.48. The van der Waals surface area contributed by atoms with E-state index in [1.165, 1.54) is 13.8 Å². The molecular formula is C17H27FN2O2. The van der Waals surface area contributed by atoms with Crippen LogP contribution in [0.5, 0.6) is 11.5 Å². The summed E-state index contributed by atoms with van der Waals surface area (Å²) >= 11 is 0. The van der Waals surface area contributed by atoms with Crippen LogP contribution in [0.3, 0.4) is 0 Å². The van der Waals surface area contributed by atoms with E-state index in [1.54, 1.807) is 20.3 Å². The molecule has 0 saturated carbocycles. The Hall–Kier alpha value is -1.33. The van der Waals surface area contributed by atoms with E-state index in [2.05, 4.69) is 11.9 Å². The first-order valence-corrected chi connectivity index (χ1v) is 7.67. The zero-order valence-electron chi connectivity index (χ0n) is 14.1. The summed E-state index contributed by atoms with van der Waals surface area (Å²) in [5.41, 5.74) is 5.86. The summed E-state index contributed by atoms with van der Waals surface area (Å²) in [4.78, 5) is 2.27. The number of ether oxygens (including phenoxy) is 2. The molecular weight excluding hydrogens is 283 g/mol. The number of rotatable bonds is 5. The molecule has 1 saturated heterocycles. The van der Waals surface area contributed by atoms with Crippen molar-refractivity contribution in [2.24, 2.45) is 11.7 Å². The molecule has 2 unspecified atom stereocenters. The largest absolute Gasteiger partial charge is 0.496 e. The van der Waals surface area contributed by atoms with Crippen molar-refractivity contribution in [1.29, 1.82) is 0 Å². The van der Waals surface area contributed by atoms with Gasteiger partial charge in [0.05, 0.1) is 14.2 Å². The normalized spacial score (nSPS) is 22.9. The van der Waals surface area contributed by atoms with Crippen LogP contribution in [0.25, 0.3) is 0 Å². The van der Waals surface area contributed by atoms with Crippen LogP contribution in [0.2, 0.25) is 0 Å². The summed E-state index contributed by atoms with van der Waals surface area (Å²) in [5.74, 6) is 1.74. The van der Waals surface area contributed by atoms with E-state index in [-0.39, 0.29) is 6.04 Å². The summed E-state index contributed by atoms with van der Waals surface area (Å²) in [6.07, 6.45) is 0.977. The molecule has 5 heteroatoms. The first kappa shape index (κ1) is 17.0. The standard InChI is InChI=1S/C17H27FN2O2/c1-17(2,18)13-8-15(21-4)12(7-16(13)22-5)14-6-11(9-19)10-20(14)3/h7-8,11,14H,6,9-10,19H2,1-5H3. The van der Waals surface area contributed by atoms with Crippen LogP contribution in [-0.2, 0) is 5.67 Å². The molecule has 1 aliphatic rings. The SMILES string of the molecule is COc1cc(C(C)(C)F)c(OC)cc1C1CC(CN)CN1C. The molecule has 0 bridgehead atoms. The van der Waals surface area contributed by atoms with Crippen molar-refractivity contribution in [3.05, 3.63) is 23.3 Å². The first-order chi connectivity index (χ1) is 10.3. The van der Waals surface area contributed by atoms with Gasteiger partial charge in [0.1, 0.15) is 17.2 Å². The van der Waals surface area contributed by atoms with Gasteiger partial charge in [-0.15, -0.1) is 0 Å². The maximum absolute atomic E-state index is 14.4. The summed E-state index contributed by atoms with van der Waals surface area (Å²) < 4.78 is 25.4. The van der Waals surface area contributed by atoms with E-state index in [1.807, 2.05) is 6.07 Å². The molecule has 0 amide bonds. The lowest BCUT2D eigenvalue weighted by molar-refractivity contribution is 0.212. The monoisotopic (exact) mass is 310 g/mol. The maximum Gasteiger partial charge on any atom is 0.134 e. The molecule has 2 atom stereocenters. The van der Waals surface area contributed by atoms with E-state index in [4.69, 9.17) is 15.2 Å². The van der Waals surface area contributed by atoms with Crippen LogP contribution in [0.1, 0.15) is 37.4 Å². The highest BCUT2D eigenvalue weighted by Gasteiger charge is 2.34. The number of benzene rings is 1. The molecule has 1 aliphatic heterocycles. The van der Waals surface area contributed by atoms with Crippen LogP contribution in [0, 0.1) is 5.92 Å². The summed E-state index contributed by atoms with van der Waals surface area (Å²) in [6, 6.07) is 3.89. The number of nitrogens with zero attached hydrogens (tertiary/aromatic N) is 1. The fourth-order valence-corrected chi connectivity index (χ4v) is 3.29. The maximum atomic E-state index is 14.4. The molecule has 0 aromatic heterocycles. The van der Waals surface area contributed by atoms with Crippen molar-refractivity contribution in [3.8, 4) is 11.5 Å². The lowest BCUT2D eigenvalue weighted by atomic mass is 9.93. The average molecular weight is 310 g/mol. The topological polar surface area (TPSA) is 47.7 Å². The Morgan fingerprint density at radius 3 is 2.36 bits per heavy atom. The van der Waals surface area contributed by atoms with Crippen LogP contribution in [0.15, 0.2) is 12.1 Å². The van der Waals surface area contributed by atoms with Gasteiger partial charge in [-0.25, -0.2) is 4.39 Å². The highest BCUT2D eigenvalue weighted by Crippen LogP contribution is 2.44. The molecule has 1 aromatic rings. The molecule has 22 heavy (non-hydrogen) atoms. The highest BCUT2D eigenvalue weighted by atomic mass is 19.1. The Bertz CT molecular complexity index is 528. The minimum Gasteiger partial charge on any atom is -0.496 e. The van der Waals surface area contributed by atoms with E-state index < -0.39 is 5.67 Å². The van der Waals surface area contributed by atoms with Crippen LogP contribution in [0.4, 0.5) is 4.39 Å². The van der Waals surface area contributed by atoms with E-state index >= 15 is 0 Å². The Morgan fingerprint density at radius 1 is 1.27 bits per heavy atom. The number of methoxy groups -OCH3 is 2. The molecule has 2 N–H and O–H groups in total. The number of hydrogen-bond donors (Lipinski definition) is 1. The third-order valence-electron chi connectivity index (χ3n) is 4.52. The lowest BCUT2D eigenvalue weighted by Crippen LogP contribution is -2.21. The van der Waals surface area contributed by atoms with Gasteiger partial charge < -0.3 is 15.2 Å². The summed E-state index contributed by atoms with van der Waals surface area (Å²) in [7, 11) is 5.27. The second-order valence-electron chi connectivity index (χ2n) is 6.56. The first-order valence-electron chi connectivity index (χ1n) is 7.67. The minimum atomic E-state index is -1.49. The summed E-state index contributed by atoms with van der Waals surface area (Å²) in [5, 5.41) is 0. The quantitative estimate of drug-likeness (QED) is 0.908. The predicted octanol–water partition coefficient (Wildman–Crippen LogP) is 2.86. The Kier molecular flexibility index (Phi) is 4.97. The molecule has 124 valence electrons. The third-order valence-corrected chi connectivity index (χ3v) is 4.52. The van der Waals surface area contributed by atoms with Gasteiger partial charge in [-0.3, -0.25) is 4.90 Å². The van der Waals surface area contributed by atoms with Crippen LogP contribution >= 0.6 is 0 Å². The van der Waals surface area contributed by atoms with Gasteiger partial charge in [0.2, 0.25) is 0 Å².